The van der Waals surface area contributed by atoms with Crippen molar-refractivity contribution < 1.29 is 4.79 Å². The molecule has 2 atom stereocenters. The Kier molecular flexibility index (Phi) is 6.70. The molecule has 0 aliphatic carbocycles. The van der Waals surface area contributed by atoms with E-state index in [1.165, 1.54) is 25.1 Å². The molecular weight excluding hydrogens is 440 g/mol. The molecule has 1 amide bonds. The molecule has 178 valence electrons. The number of piperidine rings is 1. The van der Waals surface area contributed by atoms with Gasteiger partial charge in [-0.1, -0.05) is 56.4 Å². The summed E-state index contributed by atoms with van der Waals surface area (Å²) in [5, 5.41) is 3.11. The number of fused-ring (bicyclic) bond motifs is 3. The molecule has 1 saturated heterocycles. The maximum Gasteiger partial charge on any atom is 0.251 e. The summed E-state index contributed by atoms with van der Waals surface area (Å²) < 4.78 is 3.21. The monoisotopic (exact) mass is 474 g/mol. The molecule has 5 rings (SSSR count). The van der Waals surface area contributed by atoms with Gasteiger partial charge in [0.05, 0.1) is 15.9 Å². The number of imidazole rings is 1. The second-order valence-corrected chi connectivity index (χ2v) is 10.9. The van der Waals surface area contributed by atoms with Crippen LogP contribution in [-0.4, -0.2) is 46.4 Å². The highest BCUT2D eigenvalue weighted by atomic mass is 32.1. The first-order chi connectivity index (χ1) is 16.5. The highest BCUT2D eigenvalue weighted by Gasteiger charge is 2.21. The van der Waals surface area contributed by atoms with Crippen LogP contribution in [-0.2, 0) is 6.42 Å². The second-order valence-electron chi connectivity index (χ2n) is 9.93. The zero-order chi connectivity index (χ0) is 23.7. The highest BCUT2D eigenvalue weighted by molar-refractivity contribution is 7.23. The summed E-state index contributed by atoms with van der Waals surface area (Å²) in [5.41, 5.74) is 5.25. The molecular formula is C28H34N4OS. The zero-order valence-corrected chi connectivity index (χ0v) is 21.2. The minimum absolute atomic E-state index is 0.00465. The van der Waals surface area contributed by atoms with Gasteiger partial charge in [-0.3, -0.25) is 9.20 Å². The topological polar surface area (TPSA) is 49.6 Å². The van der Waals surface area contributed by atoms with Crippen LogP contribution in [0, 0.1) is 11.8 Å². The normalized spacial score (nSPS) is 19.1. The van der Waals surface area contributed by atoms with Gasteiger partial charge in [0.25, 0.3) is 5.91 Å². The fourth-order valence-electron chi connectivity index (χ4n) is 5.27. The van der Waals surface area contributed by atoms with Crippen LogP contribution in [0.5, 0.6) is 0 Å². The number of amides is 1. The molecule has 1 aliphatic rings. The number of rotatable bonds is 7. The summed E-state index contributed by atoms with van der Waals surface area (Å²) in [6, 6.07) is 14.6. The molecule has 1 aliphatic heterocycles. The van der Waals surface area contributed by atoms with Gasteiger partial charge < -0.3 is 10.2 Å². The van der Waals surface area contributed by atoms with E-state index in [-0.39, 0.29) is 5.91 Å². The molecule has 3 heterocycles. The third-order valence-electron chi connectivity index (χ3n) is 6.90. The number of nitrogens with one attached hydrogen (secondary N) is 1. The van der Waals surface area contributed by atoms with Crippen LogP contribution >= 0.6 is 11.3 Å². The van der Waals surface area contributed by atoms with Crippen LogP contribution in [0.25, 0.3) is 26.4 Å². The smallest absolute Gasteiger partial charge is 0.251 e. The van der Waals surface area contributed by atoms with Crippen LogP contribution in [0.4, 0.5) is 0 Å². The van der Waals surface area contributed by atoms with Gasteiger partial charge in [-0.15, -0.1) is 0 Å². The summed E-state index contributed by atoms with van der Waals surface area (Å²) in [5.74, 6) is 1.55. The van der Waals surface area contributed by atoms with Gasteiger partial charge in [0, 0.05) is 37.0 Å². The van der Waals surface area contributed by atoms with Gasteiger partial charge in [0.2, 0.25) is 0 Å². The average molecular weight is 475 g/mol. The Morgan fingerprint density at radius 2 is 1.88 bits per heavy atom. The Bertz CT molecular complexity index is 1280. The molecule has 0 unspecified atom stereocenters. The van der Waals surface area contributed by atoms with Gasteiger partial charge in [-0.05, 0) is 61.4 Å². The first-order valence-electron chi connectivity index (χ1n) is 12.5. The Morgan fingerprint density at radius 3 is 2.62 bits per heavy atom. The molecule has 2 aromatic carbocycles. The number of likely N-dealkylation sites (tertiary alicyclic amines) is 1. The van der Waals surface area contributed by atoms with Crippen molar-refractivity contribution in [3.63, 3.8) is 0 Å². The molecule has 0 spiro atoms. The number of carbonyl (C=O) groups is 1. The SMILES string of the molecule is CCc1ccc(-c2cn3c(n2)sc2cc(C(=O)NCCCN4C[C@H](C)C[C@@H](C)C4)ccc23)cc1. The lowest BCUT2D eigenvalue weighted by molar-refractivity contribution is 0.0947. The van der Waals surface area contributed by atoms with Crippen molar-refractivity contribution in [1.82, 2.24) is 19.6 Å². The Morgan fingerprint density at radius 1 is 1.12 bits per heavy atom. The largest absolute Gasteiger partial charge is 0.352 e. The fourth-order valence-corrected chi connectivity index (χ4v) is 6.32. The van der Waals surface area contributed by atoms with Crippen LogP contribution in [0.15, 0.2) is 48.7 Å². The van der Waals surface area contributed by atoms with E-state index < -0.39 is 0 Å². The molecule has 5 nitrogen and oxygen atoms in total. The van der Waals surface area contributed by atoms with E-state index in [1.807, 2.05) is 18.2 Å². The summed E-state index contributed by atoms with van der Waals surface area (Å²) in [6.45, 7) is 11.0. The average Bonchev–Trinajstić information content (AvgIpc) is 3.39. The predicted molar refractivity (Wildman–Crippen MR) is 142 cm³/mol. The van der Waals surface area contributed by atoms with Crippen molar-refractivity contribution in [2.45, 2.75) is 40.0 Å². The van der Waals surface area contributed by atoms with Crippen LogP contribution in [0.1, 0.15) is 49.5 Å². The maximum atomic E-state index is 12.7. The molecule has 0 bridgehead atoms. The molecule has 2 aromatic heterocycles. The third kappa shape index (κ3) is 4.89. The lowest BCUT2D eigenvalue weighted by Gasteiger charge is -2.34. The number of hydrogen-bond acceptors (Lipinski definition) is 4. The standard InChI is InChI=1S/C28H34N4OS/c1-4-21-6-8-22(9-7-21)24-18-32-25-11-10-23(15-26(25)34-28(32)30-24)27(33)29-12-5-13-31-16-19(2)14-20(3)17-31/h6-11,15,18-20H,4-5,12-14,16-17H2,1-3H3,(H,29,33)/t19-,20-/m1/s1. The summed E-state index contributed by atoms with van der Waals surface area (Å²) in [7, 11) is 0. The zero-order valence-electron chi connectivity index (χ0n) is 20.4. The minimum atomic E-state index is 0.00465. The van der Waals surface area contributed by atoms with Gasteiger partial charge in [-0.2, -0.15) is 0 Å². The number of aryl methyl sites for hydroxylation is 1. The molecule has 4 aromatic rings. The lowest BCUT2D eigenvalue weighted by atomic mass is 9.92. The minimum Gasteiger partial charge on any atom is -0.352 e. The molecule has 0 saturated carbocycles. The molecule has 0 radical (unpaired) electrons. The maximum absolute atomic E-state index is 12.7. The van der Waals surface area contributed by atoms with E-state index in [0.29, 0.717) is 12.1 Å². The third-order valence-corrected chi connectivity index (χ3v) is 7.91. The number of carbonyl (C=O) groups excluding carboxylic acids is 1. The Balaban J connectivity index is 1.22. The van der Waals surface area contributed by atoms with Crippen molar-refractivity contribution in [1.29, 1.82) is 0 Å². The Hall–Kier alpha value is -2.70. The van der Waals surface area contributed by atoms with Crippen molar-refractivity contribution >= 4 is 32.4 Å². The first kappa shape index (κ1) is 23.1. The first-order valence-corrected chi connectivity index (χ1v) is 13.3. The summed E-state index contributed by atoms with van der Waals surface area (Å²) in [6.07, 6.45) is 5.45. The van der Waals surface area contributed by atoms with E-state index in [2.05, 4.69) is 65.9 Å². The van der Waals surface area contributed by atoms with E-state index in [9.17, 15) is 4.79 Å². The van der Waals surface area contributed by atoms with Crippen molar-refractivity contribution in [2.24, 2.45) is 11.8 Å². The van der Waals surface area contributed by atoms with Crippen LogP contribution in [0.2, 0.25) is 0 Å². The second kappa shape index (κ2) is 9.88. The quantitative estimate of drug-likeness (QED) is 0.341. The fraction of sp³-hybridized carbons (Fsp3) is 0.429. The molecule has 34 heavy (non-hydrogen) atoms. The van der Waals surface area contributed by atoms with Crippen molar-refractivity contribution in [3.8, 4) is 11.3 Å². The number of thiazole rings is 1. The van der Waals surface area contributed by atoms with Gasteiger partial charge in [0.15, 0.2) is 4.96 Å². The van der Waals surface area contributed by atoms with Crippen LogP contribution < -0.4 is 5.32 Å². The number of nitrogens with zero attached hydrogens (tertiary/aromatic N) is 3. The summed E-state index contributed by atoms with van der Waals surface area (Å²) in [4.78, 5) is 21.1. The molecule has 6 heteroatoms. The van der Waals surface area contributed by atoms with E-state index in [1.54, 1.807) is 11.3 Å². The van der Waals surface area contributed by atoms with Crippen LogP contribution in [0.3, 0.4) is 0 Å². The Labute approximate surface area is 205 Å². The molecule has 1 fully saturated rings. The highest BCUT2D eigenvalue weighted by Crippen LogP contribution is 2.30. The number of hydrogen-bond donors (Lipinski definition) is 1. The van der Waals surface area contributed by atoms with E-state index in [4.69, 9.17) is 4.98 Å². The van der Waals surface area contributed by atoms with Gasteiger partial charge >= 0.3 is 0 Å². The number of benzene rings is 2. The van der Waals surface area contributed by atoms with Crippen molar-refractivity contribution in [2.75, 3.05) is 26.2 Å². The van der Waals surface area contributed by atoms with Crippen molar-refractivity contribution in [3.05, 3.63) is 59.8 Å². The van der Waals surface area contributed by atoms with E-state index in [0.717, 1.165) is 57.7 Å². The predicted octanol–water partition coefficient (Wildman–Crippen LogP) is 5.88. The van der Waals surface area contributed by atoms with E-state index >= 15 is 0 Å². The number of aromatic nitrogens is 2. The summed E-state index contributed by atoms with van der Waals surface area (Å²) >= 11 is 1.63. The van der Waals surface area contributed by atoms with Gasteiger partial charge in [-0.25, -0.2) is 4.98 Å². The lowest BCUT2D eigenvalue weighted by Crippen LogP contribution is -2.40. The van der Waals surface area contributed by atoms with Gasteiger partial charge in [0.1, 0.15) is 0 Å². The molecule has 1 N–H and O–H groups in total.